The van der Waals surface area contributed by atoms with Crippen LogP contribution in [0.4, 0.5) is 24.9 Å². The maximum atomic E-state index is 12.4. The van der Waals surface area contributed by atoms with E-state index in [0.29, 0.717) is 47.0 Å². The Kier molecular flexibility index (Phi) is 10.3. The zero-order valence-corrected chi connectivity index (χ0v) is 20.0. The molecule has 5 N–H and O–H groups in total. The highest BCUT2D eigenvalue weighted by molar-refractivity contribution is 6.08. The number of nitrogen functional groups attached to an aromatic ring is 1. The van der Waals surface area contributed by atoms with Crippen LogP contribution in [0.3, 0.4) is 0 Å². The van der Waals surface area contributed by atoms with E-state index >= 15 is 0 Å². The summed E-state index contributed by atoms with van der Waals surface area (Å²) in [5.74, 6) is 1.28. The minimum atomic E-state index is -4.52. The zero-order valence-electron chi connectivity index (χ0n) is 20.0. The number of nitrogens with two attached hydrogens (primary N) is 2. The van der Waals surface area contributed by atoms with Gasteiger partial charge in [0.05, 0.1) is 13.7 Å². The van der Waals surface area contributed by atoms with Gasteiger partial charge in [-0.15, -0.1) is 0 Å². The second-order valence-electron chi connectivity index (χ2n) is 8.36. The number of fused-ring (bicyclic) bond motifs is 2. The Morgan fingerprint density at radius 3 is 2.64 bits per heavy atom. The normalized spacial score (nSPS) is 14.5. The minimum absolute atomic E-state index is 0. The minimum Gasteiger partial charge on any atom is -0.494 e. The van der Waals surface area contributed by atoms with Gasteiger partial charge in [-0.2, -0.15) is 18.2 Å². The summed E-state index contributed by atoms with van der Waals surface area (Å²) in [5.41, 5.74) is 15.7. The van der Waals surface area contributed by atoms with Crippen molar-refractivity contribution in [2.45, 2.75) is 34.0 Å². The van der Waals surface area contributed by atoms with Crippen LogP contribution in [0.25, 0.3) is 16.5 Å². The Morgan fingerprint density at radius 2 is 1.95 bits per heavy atom. The van der Waals surface area contributed by atoms with Crippen LogP contribution in [0, 0.1) is 5.41 Å². The Hall–Kier alpha value is -4.32. The Bertz CT molecular complexity index is 1420. The molecule has 12 heteroatoms. The molecule has 0 amide bonds. The van der Waals surface area contributed by atoms with Gasteiger partial charge in [0, 0.05) is 36.5 Å². The van der Waals surface area contributed by atoms with E-state index in [-0.39, 0.29) is 32.6 Å². The molecule has 0 saturated carbocycles. The van der Waals surface area contributed by atoms with E-state index in [9.17, 15) is 13.2 Å². The molecule has 9 nitrogen and oxygen atoms in total. The smallest absolute Gasteiger partial charge is 0.426 e. The number of para-hydroxylation sites is 1. The van der Waals surface area contributed by atoms with Gasteiger partial charge >= 0.3 is 6.18 Å². The molecule has 0 bridgehead atoms. The van der Waals surface area contributed by atoms with Crippen LogP contribution >= 0.6 is 0 Å². The molecule has 1 aliphatic heterocycles. The number of methoxy groups -OCH3 is 1. The molecule has 1 aliphatic rings. The molecule has 208 valence electrons. The van der Waals surface area contributed by atoms with Crippen LogP contribution in [0.2, 0.25) is 0 Å². The number of halogens is 3. The van der Waals surface area contributed by atoms with Crippen LogP contribution in [0.5, 0.6) is 5.75 Å². The van der Waals surface area contributed by atoms with Gasteiger partial charge in [0.15, 0.2) is 5.82 Å². The highest BCUT2D eigenvalue weighted by atomic mass is 19.4. The molecule has 39 heavy (non-hydrogen) atoms. The second-order valence-corrected chi connectivity index (χ2v) is 8.36. The molecule has 0 aliphatic carbocycles. The number of nitrogens with one attached hydrogen (secondary N) is 1. The van der Waals surface area contributed by atoms with Crippen molar-refractivity contribution in [3.63, 3.8) is 0 Å². The van der Waals surface area contributed by atoms with Gasteiger partial charge in [-0.25, -0.2) is 9.98 Å². The van der Waals surface area contributed by atoms with Gasteiger partial charge in [-0.05, 0) is 41.3 Å². The second kappa shape index (κ2) is 13.0. The first kappa shape index (κ1) is 30.9. The lowest BCUT2D eigenvalue weighted by atomic mass is 9.95. The van der Waals surface area contributed by atoms with Crippen molar-refractivity contribution in [3.05, 3.63) is 59.3 Å². The lowest BCUT2D eigenvalue weighted by Gasteiger charge is -2.28. The van der Waals surface area contributed by atoms with Gasteiger partial charge in [0.2, 0.25) is 5.95 Å². The Balaban J connectivity index is 0.00000267. The number of benzene rings is 2. The van der Waals surface area contributed by atoms with Crippen LogP contribution in [0.15, 0.2) is 52.6 Å². The van der Waals surface area contributed by atoms with Crippen molar-refractivity contribution >= 4 is 46.5 Å². The van der Waals surface area contributed by atoms with Crippen LogP contribution in [0.1, 0.15) is 31.5 Å². The molecule has 2 heterocycles. The average molecular weight is 543 g/mol. The standard InChI is InChI=1S/C25H25F3N8O.2CH4/c1-37-20-4-2-3-19-22(20)34-24(31)35-23(19)33-21(30)13-36-8-7-15-5-6-16(9-17(15)12-36)18(10-29)11-32-14-25(26,27)28;;/h2-6,9-11,14,29H,7-8,12-13H2,1H3,(H4,30,31,33,34,35);2*1H4/b18-11+,29-10?,32-14?;;. The SMILES string of the molecule is C.C.COc1cccc2c(N=C(N)CN3CCc4ccc(/C(C=N)=C/N=CC(F)(F)F)cc4C3)nc(N)nc12. The molecule has 0 unspecified atom stereocenters. The summed E-state index contributed by atoms with van der Waals surface area (Å²) >= 11 is 0. The first-order valence-corrected chi connectivity index (χ1v) is 11.3. The molecular formula is C27H33F3N8O. The van der Waals surface area contributed by atoms with E-state index in [1.54, 1.807) is 25.3 Å². The number of rotatable bonds is 7. The first-order chi connectivity index (χ1) is 17.7. The van der Waals surface area contributed by atoms with E-state index in [1.807, 2.05) is 18.2 Å². The van der Waals surface area contributed by atoms with Crippen molar-refractivity contribution < 1.29 is 17.9 Å². The summed E-state index contributed by atoms with van der Waals surface area (Å²) in [6, 6.07) is 11.0. The third-order valence-electron chi connectivity index (χ3n) is 5.76. The van der Waals surface area contributed by atoms with E-state index in [1.165, 1.54) is 0 Å². The predicted molar refractivity (Wildman–Crippen MR) is 152 cm³/mol. The highest BCUT2D eigenvalue weighted by Gasteiger charge is 2.23. The third kappa shape index (κ3) is 7.60. The van der Waals surface area contributed by atoms with Gasteiger partial charge in [0.25, 0.3) is 0 Å². The van der Waals surface area contributed by atoms with Crippen LogP contribution in [-0.4, -0.2) is 59.5 Å². The van der Waals surface area contributed by atoms with Gasteiger partial charge < -0.3 is 21.6 Å². The number of alkyl halides is 3. The fourth-order valence-corrected chi connectivity index (χ4v) is 4.10. The summed E-state index contributed by atoms with van der Waals surface area (Å²) in [7, 11) is 1.54. The number of hydrogen-bond acceptors (Lipinski definition) is 8. The van der Waals surface area contributed by atoms with Gasteiger partial charge in [-0.3, -0.25) is 9.89 Å². The van der Waals surface area contributed by atoms with Gasteiger partial charge in [0.1, 0.15) is 23.3 Å². The van der Waals surface area contributed by atoms with Crippen molar-refractivity contribution in [2.24, 2.45) is 15.7 Å². The quantitative estimate of drug-likeness (QED) is 0.278. The summed E-state index contributed by atoms with van der Waals surface area (Å²) < 4.78 is 42.5. The summed E-state index contributed by atoms with van der Waals surface area (Å²) in [6.07, 6.45) is -1.85. The number of allylic oxidation sites excluding steroid dienone is 1. The molecule has 3 aromatic rings. The van der Waals surface area contributed by atoms with Crippen molar-refractivity contribution in [1.29, 1.82) is 5.41 Å². The third-order valence-corrected chi connectivity index (χ3v) is 5.76. The summed E-state index contributed by atoms with van der Waals surface area (Å²) in [4.78, 5) is 18.4. The van der Waals surface area contributed by atoms with Gasteiger partial charge in [-0.1, -0.05) is 33.1 Å². The lowest BCUT2D eigenvalue weighted by Crippen LogP contribution is -2.37. The number of amidine groups is 1. The molecule has 4 rings (SSSR count). The zero-order chi connectivity index (χ0) is 26.6. The molecule has 0 atom stereocenters. The molecule has 1 aromatic heterocycles. The number of anilines is 1. The molecular weight excluding hydrogens is 509 g/mol. The fraction of sp³-hybridized carbons (Fsp3) is 0.296. The number of aliphatic imine (C=N–C) groups is 2. The Morgan fingerprint density at radius 1 is 1.18 bits per heavy atom. The summed E-state index contributed by atoms with van der Waals surface area (Å²) in [5, 5.41) is 8.25. The fourth-order valence-electron chi connectivity index (χ4n) is 4.10. The van der Waals surface area contributed by atoms with Crippen LogP contribution in [-0.2, 0) is 13.0 Å². The molecule has 0 fully saturated rings. The Labute approximate surface area is 225 Å². The predicted octanol–water partition coefficient (Wildman–Crippen LogP) is 5.16. The topological polar surface area (TPSA) is 139 Å². The molecule has 2 aromatic carbocycles. The first-order valence-electron chi connectivity index (χ1n) is 11.3. The maximum absolute atomic E-state index is 12.4. The van der Waals surface area contributed by atoms with E-state index in [2.05, 4.69) is 24.9 Å². The molecule has 0 saturated heterocycles. The van der Waals surface area contributed by atoms with Crippen molar-refractivity contribution in [2.75, 3.05) is 25.9 Å². The van der Waals surface area contributed by atoms with E-state index in [4.69, 9.17) is 21.6 Å². The maximum Gasteiger partial charge on any atom is 0.426 e. The van der Waals surface area contributed by atoms with Crippen LogP contribution < -0.4 is 16.2 Å². The number of hydrogen-bond donors (Lipinski definition) is 3. The average Bonchev–Trinajstić information content (AvgIpc) is 2.85. The lowest BCUT2D eigenvalue weighted by molar-refractivity contribution is -0.0535. The highest BCUT2D eigenvalue weighted by Crippen LogP contribution is 2.30. The molecule has 0 spiro atoms. The largest absolute Gasteiger partial charge is 0.494 e. The number of ether oxygens (including phenoxy) is 1. The van der Waals surface area contributed by atoms with Crippen molar-refractivity contribution in [1.82, 2.24) is 14.9 Å². The molecule has 0 radical (unpaired) electrons. The van der Waals surface area contributed by atoms with E-state index < -0.39 is 6.18 Å². The number of aromatic nitrogens is 2. The van der Waals surface area contributed by atoms with Crippen molar-refractivity contribution in [3.8, 4) is 5.75 Å². The monoisotopic (exact) mass is 542 g/mol. The van der Waals surface area contributed by atoms with E-state index in [0.717, 1.165) is 36.5 Å². The summed E-state index contributed by atoms with van der Waals surface area (Å²) in [6.45, 7) is 1.66. The number of nitrogens with zero attached hydrogens (tertiary/aromatic N) is 5.